The molecule has 1 fully saturated rings. The quantitative estimate of drug-likeness (QED) is 0.761. The monoisotopic (exact) mass is 365 g/mol. The van der Waals surface area contributed by atoms with Crippen LogP contribution in [0.1, 0.15) is 31.2 Å². The van der Waals surface area contributed by atoms with Gasteiger partial charge in [0.05, 0.1) is 27.8 Å². The van der Waals surface area contributed by atoms with Gasteiger partial charge in [-0.1, -0.05) is 0 Å². The second-order valence-electron chi connectivity index (χ2n) is 6.49. The molecule has 1 aliphatic heterocycles. The van der Waals surface area contributed by atoms with Crippen LogP contribution in [0, 0.1) is 5.92 Å². The molecule has 26 heavy (non-hydrogen) atoms. The maximum absolute atomic E-state index is 12.7. The van der Waals surface area contributed by atoms with E-state index < -0.39 is 5.97 Å². The first-order valence-electron chi connectivity index (χ1n) is 8.77. The summed E-state index contributed by atoms with van der Waals surface area (Å²) < 4.78 is 16.0. The minimum atomic E-state index is -0.786. The van der Waals surface area contributed by atoms with Crippen LogP contribution in [0.4, 0.5) is 0 Å². The van der Waals surface area contributed by atoms with E-state index in [4.69, 9.17) is 19.3 Å². The minimum absolute atomic E-state index is 0.0271. The lowest BCUT2D eigenvalue weighted by Gasteiger charge is -2.32. The van der Waals surface area contributed by atoms with Crippen LogP contribution in [0.15, 0.2) is 12.1 Å². The molecule has 1 N–H and O–H groups in total. The maximum atomic E-state index is 12.7. The number of rotatable bonds is 8. The second kappa shape index (κ2) is 9.31. The van der Waals surface area contributed by atoms with E-state index in [0.29, 0.717) is 36.8 Å². The van der Waals surface area contributed by atoms with Crippen LogP contribution < -0.4 is 14.2 Å². The van der Waals surface area contributed by atoms with Gasteiger partial charge in [0.1, 0.15) is 0 Å². The number of ether oxygens (including phenoxy) is 3. The van der Waals surface area contributed by atoms with Crippen LogP contribution >= 0.6 is 0 Å². The van der Waals surface area contributed by atoms with Gasteiger partial charge in [0, 0.05) is 19.5 Å². The highest BCUT2D eigenvalue weighted by atomic mass is 16.5. The van der Waals surface area contributed by atoms with Gasteiger partial charge < -0.3 is 24.2 Å². The number of piperidine rings is 1. The number of methoxy groups -OCH3 is 3. The number of carbonyl (C=O) groups is 2. The van der Waals surface area contributed by atoms with Crippen molar-refractivity contribution in [1.29, 1.82) is 0 Å². The number of aliphatic carboxylic acids is 1. The Morgan fingerprint density at radius 2 is 1.81 bits per heavy atom. The number of likely N-dealkylation sites (tertiary alicyclic amines) is 1. The lowest BCUT2D eigenvalue weighted by molar-refractivity contribution is -0.137. The summed E-state index contributed by atoms with van der Waals surface area (Å²) in [4.78, 5) is 25.3. The van der Waals surface area contributed by atoms with Crippen LogP contribution in [-0.2, 0) is 16.0 Å². The molecule has 0 aromatic heterocycles. The topological polar surface area (TPSA) is 85.3 Å². The molecule has 0 bridgehead atoms. The number of carbonyl (C=O) groups excluding carboxylic acids is 1. The lowest BCUT2D eigenvalue weighted by Crippen LogP contribution is -2.40. The average Bonchev–Trinajstić information content (AvgIpc) is 2.65. The highest BCUT2D eigenvalue weighted by molar-refractivity contribution is 5.79. The molecule has 2 rings (SSSR count). The molecule has 1 heterocycles. The van der Waals surface area contributed by atoms with Crippen molar-refractivity contribution < 1.29 is 28.9 Å². The van der Waals surface area contributed by atoms with E-state index in [1.807, 2.05) is 4.90 Å². The molecule has 0 aliphatic carbocycles. The SMILES string of the molecule is COc1cc(CC(=O)N2CCCC(CCC(=O)O)C2)cc(OC)c1OC. The van der Waals surface area contributed by atoms with Gasteiger partial charge in [0.2, 0.25) is 11.7 Å². The van der Waals surface area contributed by atoms with Crippen molar-refractivity contribution in [3.05, 3.63) is 17.7 Å². The molecule has 1 aliphatic rings. The van der Waals surface area contributed by atoms with Crippen molar-refractivity contribution in [3.8, 4) is 17.2 Å². The third-order valence-electron chi connectivity index (χ3n) is 4.72. The summed E-state index contributed by atoms with van der Waals surface area (Å²) in [7, 11) is 4.62. The van der Waals surface area contributed by atoms with E-state index in [0.717, 1.165) is 18.4 Å². The lowest BCUT2D eigenvalue weighted by atomic mass is 9.93. The standard InChI is InChI=1S/C19H27NO6/c1-24-15-9-14(10-16(25-2)19(15)26-3)11-17(21)20-8-4-5-13(12-20)6-7-18(22)23/h9-10,13H,4-8,11-12H2,1-3H3,(H,22,23). The van der Waals surface area contributed by atoms with Gasteiger partial charge in [-0.2, -0.15) is 0 Å². The molecular weight excluding hydrogens is 338 g/mol. The zero-order chi connectivity index (χ0) is 19.1. The summed E-state index contributed by atoms with van der Waals surface area (Å²) in [5.74, 6) is 1.03. The molecule has 1 aromatic rings. The molecule has 7 heteroatoms. The Labute approximate surface area is 153 Å². The predicted octanol–water partition coefficient (Wildman–Crippen LogP) is 2.36. The summed E-state index contributed by atoms with van der Waals surface area (Å²) in [6.07, 6.45) is 2.89. The highest BCUT2D eigenvalue weighted by Crippen LogP contribution is 2.38. The Hall–Kier alpha value is -2.44. The number of carboxylic acids is 1. The fourth-order valence-corrected chi connectivity index (χ4v) is 3.38. The summed E-state index contributed by atoms with van der Waals surface area (Å²) >= 11 is 0. The molecule has 7 nitrogen and oxygen atoms in total. The number of hydrogen-bond donors (Lipinski definition) is 1. The summed E-state index contributed by atoms with van der Waals surface area (Å²) in [5.41, 5.74) is 0.789. The van der Waals surface area contributed by atoms with E-state index in [-0.39, 0.29) is 24.7 Å². The molecule has 1 unspecified atom stereocenters. The Kier molecular flexibility index (Phi) is 7.12. The second-order valence-corrected chi connectivity index (χ2v) is 6.49. The van der Waals surface area contributed by atoms with E-state index in [1.54, 1.807) is 26.4 Å². The predicted molar refractivity (Wildman–Crippen MR) is 96.0 cm³/mol. The van der Waals surface area contributed by atoms with E-state index >= 15 is 0 Å². The number of amides is 1. The molecule has 0 spiro atoms. The zero-order valence-corrected chi connectivity index (χ0v) is 15.6. The Morgan fingerprint density at radius 3 is 2.35 bits per heavy atom. The van der Waals surface area contributed by atoms with Crippen LogP contribution in [0.5, 0.6) is 17.2 Å². The molecule has 1 atom stereocenters. The van der Waals surface area contributed by atoms with Gasteiger partial charge in [0.15, 0.2) is 11.5 Å². The highest BCUT2D eigenvalue weighted by Gasteiger charge is 2.25. The van der Waals surface area contributed by atoms with Crippen molar-refractivity contribution in [3.63, 3.8) is 0 Å². The molecule has 1 aromatic carbocycles. The third-order valence-corrected chi connectivity index (χ3v) is 4.72. The fourth-order valence-electron chi connectivity index (χ4n) is 3.38. The third kappa shape index (κ3) is 5.03. The fraction of sp³-hybridized carbons (Fsp3) is 0.579. The van der Waals surface area contributed by atoms with Gasteiger partial charge in [-0.25, -0.2) is 0 Å². The van der Waals surface area contributed by atoms with Gasteiger partial charge in [-0.05, 0) is 42.9 Å². The molecule has 0 saturated carbocycles. The van der Waals surface area contributed by atoms with Crippen molar-refractivity contribution in [2.75, 3.05) is 34.4 Å². The minimum Gasteiger partial charge on any atom is -0.493 e. The maximum Gasteiger partial charge on any atom is 0.303 e. The molecule has 1 saturated heterocycles. The molecular formula is C19H27NO6. The molecule has 0 radical (unpaired) electrons. The van der Waals surface area contributed by atoms with E-state index in [1.165, 1.54) is 7.11 Å². The summed E-state index contributed by atoms with van der Waals surface area (Å²) in [5, 5.41) is 8.84. The Morgan fingerprint density at radius 1 is 1.15 bits per heavy atom. The van der Waals surface area contributed by atoms with E-state index in [9.17, 15) is 9.59 Å². The van der Waals surface area contributed by atoms with Gasteiger partial charge in [0.25, 0.3) is 0 Å². The Bertz CT molecular complexity index is 620. The normalized spacial score (nSPS) is 16.9. The van der Waals surface area contributed by atoms with Gasteiger partial charge in [-0.3, -0.25) is 9.59 Å². The van der Waals surface area contributed by atoms with Crippen molar-refractivity contribution in [2.45, 2.75) is 32.1 Å². The van der Waals surface area contributed by atoms with E-state index in [2.05, 4.69) is 0 Å². The molecule has 144 valence electrons. The average molecular weight is 365 g/mol. The molecule has 1 amide bonds. The van der Waals surface area contributed by atoms with Crippen molar-refractivity contribution in [2.24, 2.45) is 5.92 Å². The first-order valence-corrected chi connectivity index (χ1v) is 8.77. The van der Waals surface area contributed by atoms with Crippen LogP contribution in [0.2, 0.25) is 0 Å². The van der Waals surface area contributed by atoms with Gasteiger partial charge >= 0.3 is 5.97 Å². The zero-order valence-electron chi connectivity index (χ0n) is 15.6. The van der Waals surface area contributed by atoms with Gasteiger partial charge in [-0.15, -0.1) is 0 Å². The first-order chi connectivity index (χ1) is 12.5. The summed E-state index contributed by atoms with van der Waals surface area (Å²) in [6.45, 7) is 1.34. The van der Waals surface area contributed by atoms with Crippen LogP contribution in [-0.4, -0.2) is 56.3 Å². The largest absolute Gasteiger partial charge is 0.493 e. The van der Waals surface area contributed by atoms with Crippen molar-refractivity contribution in [1.82, 2.24) is 4.90 Å². The van der Waals surface area contributed by atoms with Crippen molar-refractivity contribution >= 4 is 11.9 Å². The summed E-state index contributed by atoms with van der Waals surface area (Å²) in [6, 6.07) is 3.57. The van der Waals surface area contributed by atoms with Crippen LogP contribution in [0.3, 0.4) is 0 Å². The number of nitrogens with zero attached hydrogens (tertiary/aromatic N) is 1. The first kappa shape index (κ1) is 19.9. The number of carboxylic acid groups (broad SMARTS) is 1. The smallest absolute Gasteiger partial charge is 0.303 e. The Balaban J connectivity index is 2.05. The van der Waals surface area contributed by atoms with Crippen LogP contribution in [0.25, 0.3) is 0 Å². The number of hydrogen-bond acceptors (Lipinski definition) is 5. The number of benzene rings is 1.